The smallest absolute Gasteiger partial charge is 0.220 e. The maximum Gasteiger partial charge on any atom is 0.220 e. The van der Waals surface area contributed by atoms with Gasteiger partial charge in [0.2, 0.25) is 5.88 Å². The summed E-state index contributed by atoms with van der Waals surface area (Å²) in [5.41, 5.74) is 2.81. The largest absolute Gasteiger partial charge is 0.437 e. The molecule has 1 N–H and O–H groups in total. The third-order valence-electron chi connectivity index (χ3n) is 6.69. The van der Waals surface area contributed by atoms with Crippen LogP contribution < -0.4 is 15.0 Å². The Morgan fingerprint density at radius 3 is 2.40 bits per heavy atom. The first-order valence-electron chi connectivity index (χ1n) is 12.3. The number of nitrogens with one attached hydrogen (secondary N) is 1. The van der Waals surface area contributed by atoms with Crippen molar-refractivity contribution in [1.82, 2.24) is 20.2 Å². The molecule has 184 valence electrons. The Balaban J connectivity index is 1.40. The number of halogens is 2. The van der Waals surface area contributed by atoms with Crippen molar-refractivity contribution in [1.29, 1.82) is 0 Å². The van der Waals surface area contributed by atoms with Crippen LogP contribution in [0.5, 0.6) is 11.6 Å². The topological polar surface area (TPSA) is 53.5 Å². The van der Waals surface area contributed by atoms with Gasteiger partial charge >= 0.3 is 0 Å². The van der Waals surface area contributed by atoms with E-state index in [4.69, 9.17) is 32.9 Å². The van der Waals surface area contributed by atoms with Crippen LogP contribution in [0.4, 0.5) is 5.82 Å². The molecule has 0 saturated carbocycles. The Labute approximate surface area is 217 Å². The normalized spacial score (nSPS) is 17.5. The molecule has 0 aliphatic carbocycles. The van der Waals surface area contributed by atoms with Gasteiger partial charge in [-0.25, -0.2) is 9.97 Å². The van der Waals surface area contributed by atoms with Gasteiger partial charge in [0.15, 0.2) is 0 Å². The number of pyridine rings is 2. The fraction of sp³-hybridized carbons (Fsp3) is 0.407. The molecule has 6 nitrogen and oxygen atoms in total. The van der Waals surface area contributed by atoms with Crippen LogP contribution in [0, 0.1) is 5.92 Å². The number of hydrogen-bond acceptors (Lipinski definition) is 6. The van der Waals surface area contributed by atoms with Gasteiger partial charge in [-0.1, -0.05) is 30.1 Å². The Morgan fingerprint density at radius 2 is 1.71 bits per heavy atom. The summed E-state index contributed by atoms with van der Waals surface area (Å²) in [6.45, 7) is 9.26. The fourth-order valence-corrected chi connectivity index (χ4v) is 5.19. The van der Waals surface area contributed by atoms with Crippen LogP contribution in [0.25, 0.3) is 11.3 Å². The van der Waals surface area contributed by atoms with Crippen molar-refractivity contribution in [2.24, 2.45) is 5.92 Å². The van der Waals surface area contributed by atoms with Crippen molar-refractivity contribution in [3.05, 3.63) is 64.3 Å². The van der Waals surface area contributed by atoms with Crippen LogP contribution >= 0.6 is 23.2 Å². The number of aromatic nitrogens is 2. The molecule has 0 spiro atoms. The number of piperidine rings is 1. The Bertz CT molecular complexity index is 1120. The van der Waals surface area contributed by atoms with E-state index >= 15 is 0 Å². The summed E-state index contributed by atoms with van der Waals surface area (Å²) in [5.74, 6) is 2.96. The Hall–Kier alpha value is -2.38. The van der Waals surface area contributed by atoms with Crippen molar-refractivity contribution in [2.75, 3.05) is 44.2 Å². The van der Waals surface area contributed by atoms with Crippen molar-refractivity contribution in [3.63, 3.8) is 0 Å². The predicted molar refractivity (Wildman–Crippen MR) is 143 cm³/mol. The zero-order valence-corrected chi connectivity index (χ0v) is 21.5. The number of hydrogen-bond donors (Lipinski definition) is 1. The summed E-state index contributed by atoms with van der Waals surface area (Å²) < 4.78 is 6.20. The van der Waals surface area contributed by atoms with Gasteiger partial charge in [-0.05, 0) is 73.8 Å². The minimum Gasteiger partial charge on any atom is -0.437 e. The lowest BCUT2D eigenvalue weighted by molar-refractivity contribution is 0.185. The lowest BCUT2D eigenvalue weighted by atomic mass is 9.99. The van der Waals surface area contributed by atoms with Gasteiger partial charge in [-0.3, -0.25) is 4.90 Å². The maximum absolute atomic E-state index is 6.29. The number of rotatable bonds is 6. The molecule has 3 aromatic rings. The molecular weight excluding hydrogens is 481 g/mol. The molecule has 2 saturated heterocycles. The minimum atomic E-state index is 0.538. The number of anilines is 1. The second-order valence-corrected chi connectivity index (χ2v) is 10.4. The molecule has 0 radical (unpaired) electrons. The molecule has 2 aromatic heterocycles. The summed E-state index contributed by atoms with van der Waals surface area (Å²) >= 11 is 12.6. The average Bonchev–Trinajstić information content (AvgIpc) is 2.86. The van der Waals surface area contributed by atoms with Gasteiger partial charge < -0.3 is 15.0 Å². The summed E-state index contributed by atoms with van der Waals surface area (Å²) in [4.78, 5) is 14.2. The number of piperazine rings is 1. The van der Waals surface area contributed by atoms with Crippen molar-refractivity contribution in [2.45, 2.75) is 26.3 Å². The summed E-state index contributed by atoms with van der Waals surface area (Å²) in [7, 11) is 0. The lowest BCUT2D eigenvalue weighted by Crippen LogP contribution is -2.43. The molecule has 0 bridgehead atoms. The SMILES string of the molecule is CC1CCN(Cc2cc(Oc3ccc(N4CCNCC4)nc3)nc(-c3cc(Cl)cc(Cl)c3)c2)CC1. The van der Waals surface area contributed by atoms with E-state index in [1.165, 1.54) is 12.8 Å². The molecule has 35 heavy (non-hydrogen) atoms. The first-order chi connectivity index (χ1) is 17.0. The van der Waals surface area contributed by atoms with E-state index in [0.29, 0.717) is 21.7 Å². The third kappa shape index (κ3) is 6.44. The van der Waals surface area contributed by atoms with E-state index in [1.54, 1.807) is 12.3 Å². The first kappa shape index (κ1) is 24.3. The molecule has 4 heterocycles. The van der Waals surface area contributed by atoms with Gasteiger partial charge in [0, 0.05) is 54.4 Å². The van der Waals surface area contributed by atoms with Crippen LogP contribution in [0.15, 0.2) is 48.7 Å². The van der Waals surface area contributed by atoms with E-state index in [0.717, 1.165) is 74.4 Å². The highest BCUT2D eigenvalue weighted by atomic mass is 35.5. The molecule has 0 unspecified atom stereocenters. The zero-order chi connectivity index (χ0) is 24.2. The zero-order valence-electron chi connectivity index (χ0n) is 20.0. The number of likely N-dealkylation sites (tertiary alicyclic amines) is 1. The highest BCUT2D eigenvalue weighted by Gasteiger charge is 2.18. The summed E-state index contributed by atoms with van der Waals surface area (Å²) in [6.07, 6.45) is 4.24. The molecule has 0 atom stereocenters. The van der Waals surface area contributed by atoms with Crippen LogP contribution in [-0.2, 0) is 6.54 Å². The van der Waals surface area contributed by atoms with E-state index < -0.39 is 0 Å². The third-order valence-corrected chi connectivity index (χ3v) is 7.12. The standard InChI is InChI=1S/C27H31Cl2N5O/c1-19-4-8-33(9-5-19)18-20-12-25(21-14-22(28)16-23(29)15-21)32-27(13-20)35-24-2-3-26(31-17-24)34-10-6-30-7-11-34/h2-3,12-17,19,30H,4-11,18H2,1H3. The van der Waals surface area contributed by atoms with Gasteiger partial charge in [0.25, 0.3) is 0 Å². The van der Waals surface area contributed by atoms with Crippen molar-refractivity contribution in [3.8, 4) is 22.9 Å². The van der Waals surface area contributed by atoms with E-state index in [-0.39, 0.29) is 0 Å². The molecule has 1 aromatic carbocycles. The van der Waals surface area contributed by atoms with Crippen LogP contribution in [-0.4, -0.2) is 54.1 Å². The monoisotopic (exact) mass is 511 g/mol. The average molecular weight is 512 g/mol. The summed E-state index contributed by atoms with van der Waals surface area (Å²) in [5, 5.41) is 4.53. The van der Waals surface area contributed by atoms with Gasteiger partial charge in [-0.2, -0.15) is 0 Å². The summed E-state index contributed by atoms with van der Waals surface area (Å²) in [6, 6.07) is 13.6. The fourth-order valence-electron chi connectivity index (χ4n) is 4.67. The van der Waals surface area contributed by atoms with Crippen LogP contribution in [0.2, 0.25) is 10.0 Å². The number of benzene rings is 1. The molecule has 2 aliphatic rings. The van der Waals surface area contributed by atoms with Gasteiger partial charge in [-0.15, -0.1) is 0 Å². The van der Waals surface area contributed by atoms with Gasteiger partial charge in [0.05, 0.1) is 11.9 Å². The van der Waals surface area contributed by atoms with Crippen molar-refractivity contribution < 1.29 is 4.74 Å². The van der Waals surface area contributed by atoms with E-state index in [2.05, 4.69) is 33.1 Å². The van der Waals surface area contributed by atoms with Crippen LogP contribution in [0.1, 0.15) is 25.3 Å². The second-order valence-electron chi connectivity index (χ2n) is 9.51. The number of nitrogens with zero attached hydrogens (tertiary/aromatic N) is 4. The van der Waals surface area contributed by atoms with Gasteiger partial charge in [0.1, 0.15) is 11.6 Å². The van der Waals surface area contributed by atoms with Crippen LogP contribution in [0.3, 0.4) is 0 Å². The van der Waals surface area contributed by atoms with E-state index in [9.17, 15) is 0 Å². The second kappa shape index (κ2) is 11.1. The van der Waals surface area contributed by atoms with E-state index in [1.807, 2.05) is 30.3 Å². The molecule has 2 aliphatic heterocycles. The molecule has 5 rings (SSSR count). The van der Waals surface area contributed by atoms with Crippen molar-refractivity contribution >= 4 is 29.0 Å². The predicted octanol–water partition coefficient (Wildman–Crippen LogP) is 5.88. The molecule has 0 amide bonds. The first-order valence-corrected chi connectivity index (χ1v) is 13.1. The quantitative estimate of drug-likeness (QED) is 0.445. The highest BCUT2D eigenvalue weighted by molar-refractivity contribution is 6.35. The molecule has 2 fully saturated rings. The molecule has 8 heteroatoms. The highest BCUT2D eigenvalue weighted by Crippen LogP contribution is 2.31. The molecular formula is C27H31Cl2N5O. The lowest BCUT2D eigenvalue weighted by Gasteiger charge is -2.30. The Morgan fingerprint density at radius 1 is 0.971 bits per heavy atom. The number of ether oxygens (including phenoxy) is 1. The maximum atomic E-state index is 6.29. The minimum absolute atomic E-state index is 0.538. The Kier molecular flexibility index (Phi) is 7.73.